The molecule has 0 aliphatic rings. The molecule has 3 nitrogen and oxygen atoms in total. The number of hydrogen-bond donors (Lipinski definition) is 0. The Bertz CT molecular complexity index is 616. The van der Waals surface area contributed by atoms with Crippen molar-refractivity contribution < 1.29 is 30.7 Å². The van der Waals surface area contributed by atoms with Crippen molar-refractivity contribution in [1.82, 2.24) is 4.98 Å². The van der Waals surface area contributed by atoms with Crippen LogP contribution in [0.15, 0.2) is 0 Å². The van der Waals surface area contributed by atoms with Gasteiger partial charge in [-0.3, -0.25) is 0 Å². The van der Waals surface area contributed by atoms with Crippen LogP contribution in [0.2, 0.25) is 0 Å². The van der Waals surface area contributed by atoms with E-state index in [1.165, 1.54) is 6.07 Å². The third kappa shape index (κ3) is 2.79. The van der Waals surface area contributed by atoms with Crippen LogP contribution in [0, 0.1) is 28.5 Å². The number of halogens is 7. The molecule has 106 valence electrons. The summed E-state index contributed by atoms with van der Waals surface area (Å²) >= 11 is 0. The first-order valence-electron chi connectivity index (χ1n) is 4.67. The molecule has 1 rings (SSSR count). The smallest absolute Gasteiger partial charge is 0.231 e. The highest BCUT2D eigenvalue weighted by Gasteiger charge is 2.48. The molecule has 0 N–H and O–H groups in total. The average molecular weight is 297 g/mol. The number of alkyl halides is 6. The second-order valence-corrected chi connectivity index (χ2v) is 3.42. The minimum absolute atomic E-state index is 1.01. The van der Waals surface area contributed by atoms with Gasteiger partial charge in [0, 0.05) is 5.56 Å². The van der Waals surface area contributed by atoms with Crippen molar-refractivity contribution in [3.63, 3.8) is 0 Å². The van der Waals surface area contributed by atoms with E-state index in [1.807, 2.05) is 0 Å². The summed E-state index contributed by atoms with van der Waals surface area (Å²) in [5.74, 6) is -2.31. The van der Waals surface area contributed by atoms with Crippen LogP contribution in [0.4, 0.5) is 30.7 Å². The monoisotopic (exact) mass is 297 g/mol. The Morgan fingerprint density at radius 3 is 1.90 bits per heavy atom. The lowest BCUT2D eigenvalue weighted by Crippen LogP contribution is -2.23. The summed E-state index contributed by atoms with van der Waals surface area (Å²) in [6.45, 7) is 0. The highest BCUT2D eigenvalue weighted by atomic mass is 19.4. The van der Waals surface area contributed by atoms with Crippen LogP contribution in [0.25, 0.3) is 0 Å². The lowest BCUT2D eigenvalue weighted by molar-refractivity contribution is -0.166. The molecule has 20 heavy (non-hydrogen) atoms. The van der Waals surface area contributed by atoms with Crippen LogP contribution in [-0.4, -0.2) is 4.98 Å². The van der Waals surface area contributed by atoms with Gasteiger partial charge >= 0.3 is 12.4 Å². The molecule has 0 spiro atoms. The van der Waals surface area contributed by atoms with Crippen LogP contribution < -0.4 is 0 Å². The Morgan fingerprint density at radius 2 is 1.55 bits per heavy atom. The van der Waals surface area contributed by atoms with E-state index >= 15 is 0 Å². The third-order valence-electron chi connectivity index (χ3n) is 2.14. The van der Waals surface area contributed by atoms with Gasteiger partial charge in [-0.1, -0.05) is 0 Å². The van der Waals surface area contributed by atoms with Gasteiger partial charge < -0.3 is 0 Å². The first-order chi connectivity index (χ1) is 9.04. The molecular weight excluding hydrogens is 295 g/mol. The van der Waals surface area contributed by atoms with E-state index in [0.29, 0.717) is 0 Å². The topological polar surface area (TPSA) is 60.5 Å². The summed E-state index contributed by atoms with van der Waals surface area (Å²) in [5.41, 5.74) is -7.49. The zero-order valence-corrected chi connectivity index (χ0v) is 9.19. The van der Waals surface area contributed by atoms with Gasteiger partial charge in [0.25, 0.3) is 0 Å². The van der Waals surface area contributed by atoms with Gasteiger partial charge in [-0.25, -0.2) is 9.37 Å². The minimum atomic E-state index is -5.67. The van der Waals surface area contributed by atoms with Crippen LogP contribution in [-0.2, 0) is 18.8 Å². The first kappa shape index (κ1) is 15.7. The number of pyridine rings is 1. The predicted molar refractivity (Wildman–Crippen MR) is 48.2 cm³/mol. The summed E-state index contributed by atoms with van der Waals surface area (Å²) in [7, 11) is 0. The van der Waals surface area contributed by atoms with Crippen LogP contribution in [0.5, 0.6) is 0 Å². The molecule has 0 unspecified atom stereocenters. The van der Waals surface area contributed by atoms with E-state index in [0.717, 1.165) is 6.07 Å². The van der Waals surface area contributed by atoms with Gasteiger partial charge in [-0.15, -0.1) is 0 Å². The van der Waals surface area contributed by atoms with Crippen LogP contribution in [0.3, 0.4) is 0 Å². The predicted octanol–water partition coefficient (Wildman–Crippen LogP) is 3.20. The van der Waals surface area contributed by atoms with Crippen molar-refractivity contribution >= 4 is 0 Å². The van der Waals surface area contributed by atoms with Gasteiger partial charge in [0.1, 0.15) is 23.1 Å². The molecule has 1 heterocycles. The number of nitrogens with zero attached hydrogens (tertiary/aromatic N) is 3. The molecule has 0 radical (unpaired) electrons. The van der Waals surface area contributed by atoms with Gasteiger partial charge in [-0.05, 0) is 0 Å². The first-order valence-corrected chi connectivity index (χ1v) is 4.67. The fourth-order valence-electron chi connectivity index (χ4n) is 1.39. The van der Waals surface area contributed by atoms with Crippen LogP contribution >= 0.6 is 0 Å². The van der Waals surface area contributed by atoms with Crippen molar-refractivity contribution in [3.05, 3.63) is 28.3 Å². The van der Waals surface area contributed by atoms with Crippen molar-refractivity contribution in [1.29, 1.82) is 10.5 Å². The molecule has 0 aliphatic carbocycles. The quantitative estimate of drug-likeness (QED) is 0.748. The van der Waals surface area contributed by atoms with E-state index in [9.17, 15) is 30.7 Å². The number of rotatable bonds is 1. The summed E-state index contributed by atoms with van der Waals surface area (Å²) in [6, 6.07) is 2.30. The Balaban J connectivity index is 3.85. The second kappa shape index (κ2) is 4.96. The summed E-state index contributed by atoms with van der Waals surface area (Å²) in [6.07, 6.45) is -12.3. The van der Waals surface area contributed by atoms with Gasteiger partial charge in [0.15, 0.2) is 5.69 Å². The molecule has 1 aromatic rings. The molecule has 0 aliphatic heterocycles. The van der Waals surface area contributed by atoms with Crippen molar-refractivity contribution in [2.75, 3.05) is 0 Å². The lowest BCUT2D eigenvalue weighted by Gasteiger charge is -2.17. The SMILES string of the molecule is N#CCc1c(C#N)nc(C(F)(F)F)c(C(F)(F)F)c1F. The lowest BCUT2D eigenvalue weighted by atomic mass is 10.0. The Labute approximate surface area is 106 Å². The second-order valence-electron chi connectivity index (χ2n) is 3.42. The normalized spacial score (nSPS) is 11.8. The van der Waals surface area contributed by atoms with E-state index in [-0.39, 0.29) is 0 Å². The number of hydrogen-bond acceptors (Lipinski definition) is 3. The molecule has 0 saturated heterocycles. The molecule has 0 fully saturated rings. The summed E-state index contributed by atoms with van der Waals surface area (Å²) in [4.78, 5) is 2.51. The Kier molecular flexibility index (Phi) is 3.89. The highest BCUT2D eigenvalue weighted by Crippen LogP contribution is 2.41. The van der Waals surface area contributed by atoms with Gasteiger partial charge in [0.2, 0.25) is 0 Å². The maximum atomic E-state index is 13.6. The molecule has 0 aromatic carbocycles. The fraction of sp³-hybridized carbons (Fsp3) is 0.300. The average Bonchev–Trinajstić information content (AvgIpc) is 2.28. The highest BCUT2D eigenvalue weighted by molar-refractivity contribution is 5.42. The summed E-state index contributed by atoms with van der Waals surface area (Å²) < 4.78 is 88.7. The van der Waals surface area contributed by atoms with E-state index in [1.54, 1.807) is 0 Å². The van der Waals surface area contributed by atoms with E-state index in [4.69, 9.17) is 10.5 Å². The largest absolute Gasteiger partial charge is 0.434 e. The van der Waals surface area contributed by atoms with E-state index in [2.05, 4.69) is 4.98 Å². The van der Waals surface area contributed by atoms with E-state index < -0.39 is 47.1 Å². The molecule has 0 amide bonds. The number of aromatic nitrogens is 1. The third-order valence-corrected chi connectivity index (χ3v) is 2.14. The number of nitriles is 2. The molecule has 1 aromatic heterocycles. The zero-order chi connectivity index (χ0) is 15.7. The van der Waals surface area contributed by atoms with Crippen molar-refractivity contribution in [2.24, 2.45) is 0 Å². The van der Waals surface area contributed by atoms with Crippen molar-refractivity contribution in [3.8, 4) is 12.1 Å². The van der Waals surface area contributed by atoms with Crippen molar-refractivity contribution in [2.45, 2.75) is 18.8 Å². The molecule has 0 saturated carbocycles. The van der Waals surface area contributed by atoms with Gasteiger partial charge in [0.05, 0.1) is 12.5 Å². The fourth-order valence-corrected chi connectivity index (χ4v) is 1.39. The Morgan fingerprint density at radius 1 is 1.00 bits per heavy atom. The Hall–Kier alpha value is -2.36. The minimum Gasteiger partial charge on any atom is -0.231 e. The maximum absolute atomic E-state index is 13.6. The van der Waals surface area contributed by atoms with Gasteiger partial charge in [-0.2, -0.15) is 36.9 Å². The molecule has 0 bridgehead atoms. The molecular formula is C10H2F7N3. The molecule has 0 atom stereocenters. The zero-order valence-electron chi connectivity index (χ0n) is 9.19. The van der Waals surface area contributed by atoms with Crippen LogP contribution in [0.1, 0.15) is 22.5 Å². The maximum Gasteiger partial charge on any atom is 0.434 e. The standard InChI is InChI=1S/C10H2F7N3/c11-7-4(1-2-18)5(3-19)20-8(10(15,16)17)6(7)9(12,13)14/h1H2. The summed E-state index contributed by atoms with van der Waals surface area (Å²) in [5, 5.41) is 16.8. The molecule has 10 heteroatoms.